The molecule has 7 nitrogen and oxygen atoms in total. The molecule has 0 unspecified atom stereocenters. The van der Waals surface area contributed by atoms with Gasteiger partial charge < -0.3 is 15.0 Å². The van der Waals surface area contributed by atoms with Crippen LogP contribution >= 0.6 is 0 Å². The lowest BCUT2D eigenvalue weighted by molar-refractivity contribution is -0.120. The maximum atomic E-state index is 12.5. The highest BCUT2D eigenvalue weighted by atomic mass is 16.5. The van der Waals surface area contributed by atoms with Crippen LogP contribution in [0.5, 0.6) is 5.75 Å². The summed E-state index contributed by atoms with van der Waals surface area (Å²) in [4.78, 5) is 18.8. The van der Waals surface area contributed by atoms with E-state index < -0.39 is 0 Å². The van der Waals surface area contributed by atoms with Crippen LogP contribution in [-0.4, -0.2) is 41.3 Å². The Balaban J connectivity index is 1.37. The molecule has 0 radical (unpaired) electrons. The maximum absolute atomic E-state index is 12.5. The van der Waals surface area contributed by atoms with Crippen LogP contribution < -0.4 is 15.0 Å². The van der Waals surface area contributed by atoms with Crippen LogP contribution in [0.4, 0.5) is 11.6 Å². The van der Waals surface area contributed by atoms with Crippen molar-refractivity contribution in [2.24, 2.45) is 5.92 Å². The molecule has 0 bridgehead atoms. The number of piperidine rings is 1. The number of anilines is 2. The Morgan fingerprint density at radius 3 is 2.52 bits per heavy atom. The lowest BCUT2D eigenvalue weighted by atomic mass is 9.96. The largest absolute Gasteiger partial charge is 0.496 e. The van der Waals surface area contributed by atoms with Gasteiger partial charge in [0.05, 0.1) is 12.8 Å². The number of ether oxygens (including phenoxy) is 1. The van der Waals surface area contributed by atoms with Gasteiger partial charge in [0.15, 0.2) is 5.82 Å². The number of benzene rings is 1. The highest BCUT2D eigenvalue weighted by Crippen LogP contribution is 2.29. The molecular formula is C22H23N5O2. The van der Waals surface area contributed by atoms with E-state index >= 15 is 0 Å². The minimum Gasteiger partial charge on any atom is -0.496 e. The van der Waals surface area contributed by atoms with Crippen LogP contribution in [0.1, 0.15) is 12.8 Å². The summed E-state index contributed by atoms with van der Waals surface area (Å²) in [5, 5.41) is 11.7. The van der Waals surface area contributed by atoms with E-state index in [0.717, 1.165) is 48.8 Å². The van der Waals surface area contributed by atoms with Gasteiger partial charge in [0, 0.05) is 30.8 Å². The molecule has 4 rings (SSSR count). The van der Waals surface area contributed by atoms with Gasteiger partial charge in [0.1, 0.15) is 11.6 Å². The molecule has 3 aromatic rings. The van der Waals surface area contributed by atoms with Crippen molar-refractivity contribution in [2.45, 2.75) is 12.8 Å². The molecule has 0 saturated carbocycles. The molecule has 1 aliphatic rings. The average Bonchev–Trinajstić information content (AvgIpc) is 2.80. The molecule has 29 heavy (non-hydrogen) atoms. The molecule has 2 aromatic heterocycles. The van der Waals surface area contributed by atoms with Gasteiger partial charge in [-0.2, -0.15) is 0 Å². The molecule has 1 aliphatic heterocycles. The van der Waals surface area contributed by atoms with Gasteiger partial charge >= 0.3 is 0 Å². The fourth-order valence-electron chi connectivity index (χ4n) is 3.53. The fraction of sp³-hybridized carbons (Fsp3) is 0.273. The predicted molar refractivity (Wildman–Crippen MR) is 112 cm³/mol. The number of hydrogen-bond acceptors (Lipinski definition) is 6. The molecule has 0 atom stereocenters. The lowest BCUT2D eigenvalue weighted by Gasteiger charge is -2.31. The summed E-state index contributed by atoms with van der Waals surface area (Å²) >= 11 is 0. The van der Waals surface area contributed by atoms with E-state index in [1.807, 2.05) is 48.5 Å². The number of para-hydroxylation sites is 1. The normalized spacial score (nSPS) is 14.4. The van der Waals surface area contributed by atoms with E-state index in [-0.39, 0.29) is 11.8 Å². The van der Waals surface area contributed by atoms with E-state index in [2.05, 4.69) is 25.4 Å². The van der Waals surface area contributed by atoms with E-state index in [1.54, 1.807) is 19.4 Å². The fourth-order valence-corrected chi connectivity index (χ4v) is 3.53. The Bertz CT molecular complexity index is 954. The number of aromatic nitrogens is 3. The van der Waals surface area contributed by atoms with Crippen LogP contribution in [0.15, 0.2) is 60.8 Å². The van der Waals surface area contributed by atoms with Crippen molar-refractivity contribution < 1.29 is 9.53 Å². The predicted octanol–water partition coefficient (Wildman–Crippen LogP) is 3.40. The molecule has 1 amide bonds. The van der Waals surface area contributed by atoms with Crippen LogP contribution in [0, 0.1) is 5.92 Å². The second-order valence-electron chi connectivity index (χ2n) is 6.94. The second-order valence-corrected chi connectivity index (χ2v) is 6.94. The summed E-state index contributed by atoms with van der Waals surface area (Å²) in [6, 6.07) is 17.2. The van der Waals surface area contributed by atoms with Crippen LogP contribution in [0.25, 0.3) is 11.3 Å². The standard InChI is InChI=1S/C22H23N5O2/c1-29-19-7-3-2-6-17(19)18-9-10-21(26-25-18)27-14-11-16(12-15-27)22(28)24-20-8-4-5-13-23-20/h2-10,13,16H,11-12,14-15H2,1H3,(H,23,24,28). The summed E-state index contributed by atoms with van der Waals surface area (Å²) in [7, 11) is 1.65. The number of nitrogens with one attached hydrogen (secondary N) is 1. The number of pyridine rings is 1. The molecule has 0 spiro atoms. The van der Waals surface area contributed by atoms with Gasteiger partial charge in [-0.05, 0) is 49.2 Å². The van der Waals surface area contributed by atoms with Crippen molar-refractivity contribution >= 4 is 17.5 Å². The first kappa shape index (κ1) is 18.9. The minimum absolute atomic E-state index is 0.0194. The molecule has 7 heteroatoms. The Morgan fingerprint density at radius 2 is 1.83 bits per heavy atom. The average molecular weight is 389 g/mol. The minimum atomic E-state index is -0.0194. The summed E-state index contributed by atoms with van der Waals surface area (Å²) < 4.78 is 5.40. The topological polar surface area (TPSA) is 80.2 Å². The highest BCUT2D eigenvalue weighted by Gasteiger charge is 2.26. The number of amides is 1. The Morgan fingerprint density at radius 1 is 1.03 bits per heavy atom. The SMILES string of the molecule is COc1ccccc1-c1ccc(N2CCC(C(=O)Nc3ccccn3)CC2)nn1. The molecule has 1 saturated heterocycles. The van der Waals surface area contributed by atoms with E-state index in [0.29, 0.717) is 5.82 Å². The van der Waals surface area contributed by atoms with Crippen LogP contribution in [0.2, 0.25) is 0 Å². The van der Waals surface area contributed by atoms with Crippen molar-refractivity contribution in [3.63, 3.8) is 0 Å². The number of methoxy groups -OCH3 is 1. The zero-order valence-corrected chi connectivity index (χ0v) is 16.3. The third-order valence-corrected chi connectivity index (χ3v) is 5.14. The quantitative estimate of drug-likeness (QED) is 0.720. The number of nitrogens with zero attached hydrogens (tertiary/aromatic N) is 4. The number of rotatable bonds is 5. The zero-order chi connectivity index (χ0) is 20.1. The zero-order valence-electron chi connectivity index (χ0n) is 16.3. The lowest BCUT2D eigenvalue weighted by Crippen LogP contribution is -2.38. The summed E-state index contributed by atoms with van der Waals surface area (Å²) in [5.41, 5.74) is 1.69. The van der Waals surface area contributed by atoms with E-state index in [4.69, 9.17) is 4.74 Å². The first-order chi connectivity index (χ1) is 14.2. The molecule has 148 valence electrons. The number of carbonyl (C=O) groups excluding carboxylic acids is 1. The van der Waals surface area contributed by atoms with Crippen molar-refractivity contribution in [1.82, 2.24) is 15.2 Å². The van der Waals surface area contributed by atoms with Crippen molar-refractivity contribution in [3.8, 4) is 17.0 Å². The number of hydrogen-bond donors (Lipinski definition) is 1. The van der Waals surface area contributed by atoms with Gasteiger partial charge in [0.25, 0.3) is 0 Å². The molecule has 1 aromatic carbocycles. The number of carbonyl (C=O) groups is 1. The van der Waals surface area contributed by atoms with Gasteiger partial charge in [-0.3, -0.25) is 4.79 Å². The second kappa shape index (κ2) is 8.68. The first-order valence-electron chi connectivity index (χ1n) is 9.68. The first-order valence-corrected chi connectivity index (χ1v) is 9.68. The van der Waals surface area contributed by atoms with Gasteiger partial charge in [0.2, 0.25) is 5.91 Å². The highest BCUT2D eigenvalue weighted by molar-refractivity contribution is 5.91. The van der Waals surface area contributed by atoms with Crippen LogP contribution in [-0.2, 0) is 4.79 Å². The molecule has 1 N–H and O–H groups in total. The Labute approximate surface area is 169 Å². The smallest absolute Gasteiger partial charge is 0.228 e. The van der Waals surface area contributed by atoms with E-state index in [1.165, 1.54) is 0 Å². The molecule has 1 fully saturated rings. The van der Waals surface area contributed by atoms with Gasteiger partial charge in [-0.15, -0.1) is 10.2 Å². The third kappa shape index (κ3) is 4.34. The summed E-state index contributed by atoms with van der Waals surface area (Å²) in [6.07, 6.45) is 3.22. The Hall–Kier alpha value is -3.48. The maximum Gasteiger partial charge on any atom is 0.228 e. The molecule has 3 heterocycles. The molecular weight excluding hydrogens is 366 g/mol. The van der Waals surface area contributed by atoms with E-state index in [9.17, 15) is 4.79 Å². The van der Waals surface area contributed by atoms with Crippen molar-refractivity contribution in [1.29, 1.82) is 0 Å². The summed E-state index contributed by atoms with van der Waals surface area (Å²) in [5.74, 6) is 2.20. The summed E-state index contributed by atoms with van der Waals surface area (Å²) in [6.45, 7) is 1.53. The van der Waals surface area contributed by atoms with Crippen molar-refractivity contribution in [3.05, 3.63) is 60.8 Å². The third-order valence-electron chi connectivity index (χ3n) is 5.14. The van der Waals surface area contributed by atoms with Crippen LogP contribution in [0.3, 0.4) is 0 Å². The molecule has 0 aliphatic carbocycles. The monoisotopic (exact) mass is 389 g/mol. The van der Waals surface area contributed by atoms with Crippen molar-refractivity contribution in [2.75, 3.05) is 30.4 Å². The van der Waals surface area contributed by atoms with Gasteiger partial charge in [-0.1, -0.05) is 18.2 Å². The van der Waals surface area contributed by atoms with Gasteiger partial charge in [-0.25, -0.2) is 4.98 Å². The Kier molecular flexibility index (Phi) is 5.65.